The van der Waals surface area contributed by atoms with Crippen LogP contribution >= 0.6 is 0 Å². The monoisotopic (exact) mass is 1120 g/mol. The van der Waals surface area contributed by atoms with Crippen LogP contribution in [0.25, 0.3) is 83.4 Å². The van der Waals surface area contributed by atoms with Gasteiger partial charge in [-0.3, -0.25) is 4.57 Å². The maximum atomic E-state index is 9.33. The predicted octanol–water partition coefficient (Wildman–Crippen LogP) is 16.1. The number of aromatic nitrogens is 4. The molecule has 0 atom stereocenters. The zero-order chi connectivity index (χ0) is 64.7. The van der Waals surface area contributed by atoms with Crippen LogP contribution in [0.15, 0.2) is 176 Å². The molecule has 5 nitrogen and oxygen atoms in total. The Hall–Kier alpha value is -7.33. The van der Waals surface area contributed by atoms with E-state index in [1.54, 1.807) is 62.2 Å². The van der Waals surface area contributed by atoms with Crippen LogP contribution in [-0.4, -0.2) is 14.1 Å². The van der Waals surface area contributed by atoms with Gasteiger partial charge in [-0.1, -0.05) is 168 Å². The van der Waals surface area contributed by atoms with Gasteiger partial charge in [0.1, 0.15) is 5.82 Å². The van der Waals surface area contributed by atoms with Crippen LogP contribution < -0.4 is 9.30 Å². The Morgan fingerprint density at radius 1 is 0.606 bits per heavy atom. The first kappa shape index (κ1) is 29.8. The third-order valence-electron chi connectivity index (χ3n) is 12.4. The maximum absolute atomic E-state index is 9.33. The molecule has 3 heterocycles. The quantitative estimate of drug-likeness (QED) is 0.112. The van der Waals surface area contributed by atoms with E-state index in [2.05, 4.69) is 23.4 Å². The summed E-state index contributed by atoms with van der Waals surface area (Å²) < 4.78 is 176. The van der Waals surface area contributed by atoms with E-state index in [9.17, 15) is 2.74 Å². The summed E-state index contributed by atoms with van der Waals surface area (Å²) in [6.07, 6.45) is 4.71. The SMILES string of the molecule is [2H]c1c([2H])c([2H])c(-c2cnc(-n3c4[c-]c(Oc5[c-]c(-n6[c-][n+](-c7c(-c8c([2H])c([2H])c([2H])c([2H])c8[2H])cc(C(C)(C)C)cc7C(C)(C)C)c7ccc(-c8c(C([2H])([2H])[2H])cccc8C([2H])([2H])[2H])cc76)ccc5)ccc4c4ccccc43)cc2C([2H])([2H])[2H])c([2H])c1[2H].[Pt]. The van der Waals surface area contributed by atoms with Crippen molar-refractivity contribution in [3.05, 3.63) is 222 Å². The summed E-state index contributed by atoms with van der Waals surface area (Å²) >= 11 is 0. The Bertz CT molecular complexity index is 4670. The largest absolute Gasteiger partial charge is 0.510 e. The van der Waals surface area contributed by atoms with Crippen molar-refractivity contribution in [2.75, 3.05) is 0 Å². The number of fused-ring (bicyclic) bond motifs is 4. The van der Waals surface area contributed by atoms with Crippen molar-refractivity contribution in [2.24, 2.45) is 0 Å². The normalized spacial score (nSPS) is 16.3. The minimum absolute atomic E-state index is 0. The number of ether oxygens (including phenoxy) is 1. The van der Waals surface area contributed by atoms with Gasteiger partial charge in [0.2, 0.25) is 0 Å². The van der Waals surface area contributed by atoms with Gasteiger partial charge in [-0.2, -0.15) is 18.2 Å². The van der Waals surface area contributed by atoms with E-state index in [0.29, 0.717) is 50.0 Å². The van der Waals surface area contributed by atoms with Crippen molar-refractivity contribution in [2.45, 2.75) is 72.9 Å². The molecule has 0 radical (unpaired) electrons. The van der Waals surface area contributed by atoms with Crippen molar-refractivity contribution in [1.29, 1.82) is 0 Å². The summed E-state index contributed by atoms with van der Waals surface area (Å²) in [6.45, 7) is 3.71. The van der Waals surface area contributed by atoms with Crippen LogP contribution in [0.3, 0.4) is 0 Å². The maximum Gasteiger partial charge on any atom is 0.268 e. The number of hydrogen-bond acceptors (Lipinski definition) is 2. The van der Waals surface area contributed by atoms with Crippen molar-refractivity contribution < 1.29 is 56.4 Å². The molecule has 8 aromatic carbocycles. The minimum atomic E-state index is -2.85. The molecule has 0 saturated carbocycles. The average Bonchev–Trinajstić information content (AvgIpc) is 1.41. The first-order valence-electron chi connectivity index (χ1n) is 32.1. The number of imidazole rings is 1. The van der Waals surface area contributed by atoms with Gasteiger partial charge in [-0.15, -0.1) is 29.7 Å². The average molecular weight is 1120 g/mol. The summed E-state index contributed by atoms with van der Waals surface area (Å²) in [6, 6.07) is 31.4. The third-order valence-corrected chi connectivity index (χ3v) is 12.4. The molecule has 0 bridgehead atoms. The number of para-hydroxylation sites is 1. The summed E-state index contributed by atoms with van der Waals surface area (Å²) in [5.74, 6) is 0.454. The van der Waals surface area contributed by atoms with E-state index in [0.717, 1.165) is 10.9 Å². The molecular weight excluding hydrogens is 1050 g/mol. The van der Waals surface area contributed by atoms with Crippen LogP contribution in [0.1, 0.15) is 95.4 Å². The van der Waals surface area contributed by atoms with Gasteiger partial charge in [-0.25, -0.2) is 4.98 Å². The molecule has 71 heavy (non-hydrogen) atoms. The first-order chi connectivity index (χ1) is 41.5. The number of rotatable bonds is 8. The Morgan fingerprint density at radius 2 is 1.30 bits per heavy atom. The number of benzene rings is 8. The third kappa shape index (κ3) is 8.72. The smallest absolute Gasteiger partial charge is 0.268 e. The zero-order valence-electron chi connectivity index (χ0n) is 58.5. The molecule has 11 rings (SSSR count). The molecule has 11 aromatic rings. The fourth-order valence-electron chi connectivity index (χ4n) is 8.99. The van der Waals surface area contributed by atoms with Gasteiger partial charge in [0.05, 0.1) is 30.4 Å². The van der Waals surface area contributed by atoms with E-state index >= 15 is 0 Å². The molecule has 0 aliphatic rings. The number of aryl methyl sites for hydroxylation is 3. The zero-order valence-corrected chi connectivity index (χ0v) is 41.8. The van der Waals surface area contributed by atoms with E-state index in [1.807, 2.05) is 77.9 Å². The van der Waals surface area contributed by atoms with Crippen LogP contribution in [0.4, 0.5) is 0 Å². The van der Waals surface area contributed by atoms with Gasteiger partial charge in [0.15, 0.2) is 0 Å². The van der Waals surface area contributed by atoms with Crippen LogP contribution in [0, 0.1) is 39.0 Å². The summed E-state index contributed by atoms with van der Waals surface area (Å²) in [5, 5.41) is 1.43. The Labute approximate surface area is 459 Å². The fourth-order valence-corrected chi connectivity index (χ4v) is 8.99. The Balaban J connectivity index is 0.00000891. The number of nitrogens with zero attached hydrogens (tertiary/aromatic N) is 4. The van der Waals surface area contributed by atoms with Gasteiger partial charge in [-0.05, 0) is 116 Å². The molecule has 0 amide bonds. The number of pyridine rings is 1. The van der Waals surface area contributed by atoms with Crippen molar-refractivity contribution >= 4 is 32.8 Å². The number of hydrogen-bond donors (Lipinski definition) is 0. The second kappa shape index (κ2) is 18.4. The van der Waals surface area contributed by atoms with Crippen LogP contribution in [-0.2, 0) is 31.9 Å². The topological polar surface area (TPSA) is 35.9 Å². The summed E-state index contributed by atoms with van der Waals surface area (Å²) in [5.41, 5.74) is 2.20. The van der Waals surface area contributed by atoms with Crippen molar-refractivity contribution in [1.82, 2.24) is 14.1 Å². The van der Waals surface area contributed by atoms with Gasteiger partial charge in [0, 0.05) is 62.2 Å². The molecule has 354 valence electrons. The van der Waals surface area contributed by atoms with Crippen molar-refractivity contribution in [3.63, 3.8) is 0 Å². The standard InChI is InChI=1S/C65H56N4O.Pt/c1-42-20-18-21-43(2)62(42)47-30-33-58-60(35-47)67(41-68(58)63-54(45-22-12-10-13-23-45)36-48(64(4,5)6)37-56(63)65(7,8)9)49-26-19-27-50(38-49)70-51-31-32-53-52-28-16-17-29-57(52)69(59(53)39-51)61-34-44(3)55(40-66-61)46-24-14-11-15-25-46;/h10-37,40H,1-9H3;/q-2;/i1D3,2D3,3D3,10D,11D,12D,13D,14D,15D,22D,23D,24D,25D;. The molecule has 0 unspecified atom stereocenters. The van der Waals surface area contributed by atoms with Gasteiger partial charge >= 0.3 is 0 Å². The first-order valence-corrected chi connectivity index (χ1v) is 22.6. The second-order valence-corrected chi connectivity index (χ2v) is 19.2. The molecule has 3 aromatic heterocycles. The van der Waals surface area contributed by atoms with Crippen LogP contribution in [0.5, 0.6) is 11.5 Å². The van der Waals surface area contributed by atoms with E-state index in [1.165, 1.54) is 30.5 Å². The van der Waals surface area contributed by atoms with E-state index < -0.39 is 91.8 Å². The molecule has 0 saturated heterocycles. The Kier molecular flexibility index (Phi) is 7.73. The van der Waals surface area contributed by atoms with Crippen molar-refractivity contribution in [3.8, 4) is 62.1 Å². The second-order valence-electron chi connectivity index (χ2n) is 19.2. The van der Waals surface area contributed by atoms with E-state index in [-0.39, 0.29) is 82.9 Å². The summed E-state index contributed by atoms with van der Waals surface area (Å²) in [7, 11) is 0. The van der Waals surface area contributed by atoms with Gasteiger partial charge < -0.3 is 13.9 Å². The van der Waals surface area contributed by atoms with E-state index in [4.69, 9.17) is 28.0 Å². The predicted molar refractivity (Wildman–Crippen MR) is 288 cm³/mol. The molecule has 0 fully saturated rings. The molecule has 0 spiro atoms. The minimum Gasteiger partial charge on any atom is -0.510 e. The molecule has 0 aliphatic carbocycles. The molecule has 0 aliphatic heterocycles. The molecular formula is C65H56N4OPt-2. The molecule has 6 heteroatoms. The summed E-state index contributed by atoms with van der Waals surface area (Å²) in [4.78, 5) is 4.68. The van der Waals surface area contributed by atoms with Gasteiger partial charge in [0.25, 0.3) is 6.33 Å². The Morgan fingerprint density at radius 3 is 2.00 bits per heavy atom. The fraction of sp³-hybridized carbons (Fsp3) is 0.169. The molecule has 0 N–H and O–H groups in total. The van der Waals surface area contributed by atoms with Crippen LogP contribution in [0.2, 0.25) is 0 Å².